The van der Waals surface area contributed by atoms with Gasteiger partial charge in [-0.15, -0.1) is 11.3 Å². The Balaban J connectivity index is 1.44. The number of fused-ring (bicyclic) bond motifs is 2. The van der Waals surface area contributed by atoms with Crippen LogP contribution >= 0.6 is 11.3 Å². The van der Waals surface area contributed by atoms with Crippen molar-refractivity contribution in [3.8, 4) is 11.3 Å². The lowest BCUT2D eigenvalue weighted by molar-refractivity contribution is 0.102. The van der Waals surface area contributed by atoms with Crippen molar-refractivity contribution in [2.45, 2.75) is 6.92 Å². The summed E-state index contributed by atoms with van der Waals surface area (Å²) in [6.45, 7) is 2.03. The minimum absolute atomic E-state index is 0.262. The number of hydrogen-bond acceptors (Lipinski definition) is 4. The molecule has 0 unspecified atom stereocenters. The average molecular weight is 384 g/mol. The van der Waals surface area contributed by atoms with E-state index >= 15 is 0 Å². The number of carbonyl (C=O) groups is 1. The number of nitrogens with zero attached hydrogens (tertiary/aromatic N) is 2. The average Bonchev–Trinajstić information content (AvgIpc) is 3.30. The molecule has 6 heteroatoms. The molecule has 5 nitrogen and oxygen atoms in total. The monoisotopic (exact) mass is 384 g/mol. The zero-order chi connectivity index (χ0) is 19.1. The van der Waals surface area contributed by atoms with E-state index in [4.69, 9.17) is 0 Å². The van der Waals surface area contributed by atoms with Crippen LogP contribution in [0.25, 0.3) is 33.1 Å². The number of amides is 1. The molecular weight excluding hydrogens is 368 g/mol. The lowest BCUT2D eigenvalue weighted by Crippen LogP contribution is -2.13. The summed E-state index contributed by atoms with van der Waals surface area (Å²) in [5.41, 5.74) is 5.22. The molecule has 136 valence electrons. The molecule has 5 aromatic rings. The molecule has 0 aliphatic rings. The van der Waals surface area contributed by atoms with Crippen LogP contribution in [-0.4, -0.2) is 20.9 Å². The minimum atomic E-state index is -0.262. The molecule has 2 N–H and O–H groups in total. The first-order valence-corrected chi connectivity index (χ1v) is 9.77. The molecule has 2 aromatic carbocycles. The Kier molecular flexibility index (Phi) is 3.91. The van der Waals surface area contributed by atoms with Gasteiger partial charge in [0.15, 0.2) is 5.13 Å². The van der Waals surface area contributed by atoms with E-state index in [1.807, 2.05) is 60.8 Å². The van der Waals surface area contributed by atoms with Crippen LogP contribution in [-0.2, 0) is 0 Å². The molecule has 28 heavy (non-hydrogen) atoms. The first-order valence-electron chi connectivity index (χ1n) is 8.89. The van der Waals surface area contributed by atoms with Crippen molar-refractivity contribution in [1.82, 2.24) is 15.0 Å². The molecule has 0 saturated heterocycles. The highest BCUT2D eigenvalue weighted by Gasteiger charge is 2.15. The summed E-state index contributed by atoms with van der Waals surface area (Å²) in [5.74, 6) is -0.262. The summed E-state index contributed by atoms with van der Waals surface area (Å²) in [4.78, 5) is 25.1. The fourth-order valence-electron chi connectivity index (χ4n) is 3.41. The van der Waals surface area contributed by atoms with Crippen LogP contribution in [0.2, 0.25) is 0 Å². The van der Waals surface area contributed by atoms with Gasteiger partial charge in [-0.25, -0.2) is 9.97 Å². The van der Waals surface area contributed by atoms with Crippen LogP contribution in [0.15, 0.2) is 66.0 Å². The van der Waals surface area contributed by atoms with Crippen LogP contribution in [0, 0.1) is 6.92 Å². The molecule has 5 rings (SSSR count). The summed E-state index contributed by atoms with van der Waals surface area (Å²) in [7, 11) is 0. The quantitative estimate of drug-likeness (QED) is 0.437. The number of aromatic nitrogens is 3. The molecule has 0 aliphatic carbocycles. The van der Waals surface area contributed by atoms with Gasteiger partial charge in [-0.2, -0.15) is 0 Å². The number of pyridine rings is 1. The first-order chi connectivity index (χ1) is 13.7. The first kappa shape index (κ1) is 16.6. The number of aryl methyl sites for hydroxylation is 1. The molecule has 0 aliphatic heterocycles. The van der Waals surface area contributed by atoms with E-state index in [0.717, 1.165) is 38.8 Å². The topological polar surface area (TPSA) is 70.7 Å². The van der Waals surface area contributed by atoms with E-state index in [1.165, 1.54) is 11.3 Å². The molecule has 0 fully saturated rings. The summed E-state index contributed by atoms with van der Waals surface area (Å²) in [5, 5.41) is 7.52. The number of thiazole rings is 1. The summed E-state index contributed by atoms with van der Waals surface area (Å²) in [6.07, 6.45) is 0. The highest BCUT2D eigenvalue weighted by atomic mass is 32.1. The van der Waals surface area contributed by atoms with Gasteiger partial charge in [0, 0.05) is 32.9 Å². The third-order valence-electron chi connectivity index (χ3n) is 4.71. The van der Waals surface area contributed by atoms with Gasteiger partial charge in [-0.1, -0.05) is 42.5 Å². The van der Waals surface area contributed by atoms with Gasteiger partial charge in [0.2, 0.25) is 0 Å². The number of rotatable bonds is 3. The molecule has 3 aromatic heterocycles. The Hall–Kier alpha value is -3.51. The van der Waals surface area contributed by atoms with Crippen molar-refractivity contribution in [1.29, 1.82) is 0 Å². The Morgan fingerprint density at radius 2 is 1.82 bits per heavy atom. The van der Waals surface area contributed by atoms with E-state index in [9.17, 15) is 4.79 Å². The predicted octanol–water partition coefficient (Wildman–Crippen LogP) is 5.40. The maximum atomic E-state index is 12.6. The Bertz CT molecular complexity index is 1330. The Labute approximate surface area is 165 Å². The van der Waals surface area contributed by atoms with Crippen LogP contribution in [0.3, 0.4) is 0 Å². The summed E-state index contributed by atoms with van der Waals surface area (Å²) < 4.78 is 0. The Morgan fingerprint density at radius 3 is 2.75 bits per heavy atom. The maximum absolute atomic E-state index is 12.6. The zero-order valence-electron chi connectivity index (χ0n) is 15.1. The van der Waals surface area contributed by atoms with Crippen molar-refractivity contribution in [2.24, 2.45) is 0 Å². The van der Waals surface area contributed by atoms with Gasteiger partial charge in [-0.3, -0.25) is 10.1 Å². The van der Waals surface area contributed by atoms with E-state index in [2.05, 4.69) is 26.3 Å². The molecule has 0 atom stereocenters. The van der Waals surface area contributed by atoms with E-state index < -0.39 is 0 Å². The third-order valence-corrected chi connectivity index (χ3v) is 5.46. The second-order valence-electron chi connectivity index (χ2n) is 6.55. The molecule has 0 radical (unpaired) electrons. The lowest BCUT2D eigenvalue weighted by atomic mass is 10.1. The third kappa shape index (κ3) is 2.84. The normalized spacial score (nSPS) is 11.2. The molecule has 0 saturated carbocycles. The number of hydrogen-bond donors (Lipinski definition) is 2. The van der Waals surface area contributed by atoms with Gasteiger partial charge in [0.1, 0.15) is 5.69 Å². The van der Waals surface area contributed by atoms with Gasteiger partial charge in [-0.05, 0) is 25.1 Å². The lowest BCUT2D eigenvalue weighted by Gasteiger charge is -2.03. The van der Waals surface area contributed by atoms with Crippen LogP contribution in [0.5, 0.6) is 0 Å². The van der Waals surface area contributed by atoms with Crippen molar-refractivity contribution < 1.29 is 4.79 Å². The number of carbonyl (C=O) groups excluding carboxylic acids is 1. The van der Waals surface area contributed by atoms with E-state index in [-0.39, 0.29) is 5.91 Å². The van der Waals surface area contributed by atoms with Crippen molar-refractivity contribution in [3.05, 3.63) is 77.4 Å². The molecule has 1 amide bonds. The van der Waals surface area contributed by atoms with E-state index in [1.54, 1.807) is 6.07 Å². The number of nitrogens with one attached hydrogen (secondary N) is 2. The number of H-pyrrole nitrogens is 1. The number of benzene rings is 2. The zero-order valence-corrected chi connectivity index (χ0v) is 15.9. The van der Waals surface area contributed by atoms with Crippen LogP contribution in [0.4, 0.5) is 5.13 Å². The van der Waals surface area contributed by atoms with Gasteiger partial charge < -0.3 is 4.98 Å². The fraction of sp³-hybridized carbons (Fsp3) is 0.0455. The SMILES string of the molecule is Cc1[nH]c2ccccc2c1-c1csc(NC(=O)c2ccc3ccccc3n2)n1. The van der Waals surface area contributed by atoms with Crippen molar-refractivity contribution in [2.75, 3.05) is 5.32 Å². The standard InChI is InChI=1S/C22H16N4OS/c1-13-20(15-7-3-5-9-17(15)23-13)19-12-28-22(25-19)26-21(27)18-11-10-14-6-2-4-8-16(14)24-18/h2-12,23H,1H3,(H,25,26,27). The van der Waals surface area contributed by atoms with Crippen LogP contribution in [0.1, 0.15) is 16.2 Å². The molecule has 3 heterocycles. The highest BCUT2D eigenvalue weighted by molar-refractivity contribution is 7.14. The molecular formula is C22H16N4OS. The predicted molar refractivity (Wildman–Crippen MR) is 114 cm³/mol. The number of anilines is 1. The smallest absolute Gasteiger partial charge is 0.276 e. The van der Waals surface area contributed by atoms with Gasteiger partial charge >= 0.3 is 0 Å². The highest BCUT2D eigenvalue weighted by Crippen LogP contribution is 2.33. The molecule has 0 spiro atoms. The fourth-order valence-corrected chi connectivity index (χ4v) is 4.10. The Morgan fingerprint density at radius 1 is 1.00 bits per heavy atom. The largest absolute Gasteiger partial charge is 0.358 e. The second-order valence-corrected chi connectivity index (χ2v) is 7.41. The minimum Gasteiger partial charge on any atom is -0.358 e. The number of aromatic amines is 1. The summed E-state index contributed by atoms with van der Waals surface area (Å²) in [6, 6.07) is 19.5. The molecule has 0 bridgehead atoms. The second kappa shape index (κ2) is 6.58. The van der Waals surface area contributed by atoms with Gasteiger partial charge in [0.05, 0.1) is 11.2 Å². The number of para-hydroxylation sites is 2. The van der Waals surface area contributed by atoms with Crippen molar-refractivity contribution in [3.63, 3.8) is 0 Å². The van der Waals surface area contributed by atoms with Crippen molar-refractivity contribution >= 4 is 44.2 Å². The van der Waals surface area contributed by atoms with E-state index in [0.29, 0.717) is 10.8 Å². The maximum Gasteiger partial charge on any atom is 0.276 e. The van der Waals surface area contributed by atoms with Gasteiger partial charge in [0.25, 0.3) is 5.91 Å². The summed E-state index contributed by atoms with van der Waals surface area (Å²) >= 11 is 1.41. The van der Waals surface area contributed by atoms with Crippen LogP contribution < -0.4 is 5.32 Å².